The van der Waals surface area contributed by atoms with Crippen LogP contribution < -0.4 is 0 Å². The van der Waals surface area contributed by atoms with Crippen LogP contribution in [0.5, 0.6) is 5.75 Å². The summed E-state index contributed by atoms with van der Waals surface area (Å²) in [6.07, 6.45) is 8.46. The molecule has 120 valence electrons. The number of nitrogens with zero attached hydrogens (tertiary/aromatic N) is 2. The van der Waals surface area contributed by atoms with E-state index < -0.39 is 5.97 Å². The first kappa shape index (κ1) is 15.3. The highest BCUT2D eigenvalue weighted by atomic mass is 16.4. The molecule has 1 fully saturated rings. The number of carbonyl (C=O) groups is 1. The molecule has 0 radical (unpaired) electrons. The minimum atomic E-state index is -0.983. The minimum Gasteiger partial charge on any atom is -0.508 e. The molecule has 0 unspecified atom stereocenters. The Morgan fingerprint density at radius 1 is 1.17 bits per heavy atom. The summed E-state index contributed by atoms with van der Waals surface area (Å²) in [4.78, 5) is 10.7. The van der Waals surface area contributed by atoms with E-state index in [4.69, 9.17) is 5.11 Å². The van der Waals surface area contributed by atoms with Crippen LogP contribution in [0.1, 0.15) is 43.8 Å². The first-order chi connectivity index (χ1) is 11.1. The Kier molecular flexibility index (Phi) is 4.46. The summed E-state index contributed by atoms with van der Waals surface area (Å²) in [5.74, 6) is -0.758. The van der Waals surface area contributed by atoms with E-state index in [1.54, 1.807) is 12.1 Å². The van der Waals surface area contributed by atoms with Crippen LogP contribution in [0.15, 0.2) is 36.4 Å². The molecule has 1 aliphatic carbocycles. The third-order valence-electron chi connectivity index (χ3n) is 4.23. The van der Waals surface area contributed by atoms with Gasteiger partial charge in [-0.2, -0.15) is 5.10 Å². The topological polar surface area (TPSA) is 75.3 Å². The molecule has 2 aromatic rings. The van der Waals surface area contributed by atoms with Crippen molar-refractivity contribution in [1.82, 2.24) is 9.78 Å². The molecule has 0 amide bonds. The van der Waals surface area contributed by atoms with Crippen LogP contribution in [0.25, 0.3) is 17.3 Å². The summed E-state index contributed by atoms with van der Waals surface area (Å²) in [6.45, 7) is 0. The number of aliphatic carboxylic acids is 1. The SMILES string of the molecule is O=C(O)C=Cc1cc(-c2ccc(O)cc2)n(C2CCCCC2)n1. The van der Waals surface area contributed by atoms with Gasteiger partial charge in [0.1, 0.15) is 5.75 Å². The van der Waals surface area contributed by atoms with Crippen LogP contribution in [0, 0.1) is 0 Å². The van der Waals surface area contributed by atoms with Crippen molar-refractivity contribution in [3.05, 3.63) is 42.1 Å². The summed E-state index contributed by atoms with van der Waals surface area (Å²) >= 11 is 0. The summed E-state index contributed by atoms with van der Waals surface area (Å²) in [7, 11) is 0. The fraction of sp³-hybridized carbons (Fsp3) is 0.333. The maximum Gasteiger partial charge on any atom is 0.328 e. The lowest BCUT2D eigenvalue weighted by Crippen LogP contribution is -2.15. The van der Waals surface area contributed by atoms with E-state index in [1.165, 1.54) is 25.3 Å². The number of phenols is 1. The Morgan fingerprint density at radius 3 is 2.52 bits per heavy atom. The van der Waals surface area contributed by atoms with Gasteiger partial charge in [0, 0.05) is 11.6 Å². The third-order valence-corrected chi connectivity index (χ3v) is 4.23. The first-order valence-corrected chi connectivity index (χ1v) is 7.93. The van der Waals surface area contributed by atoms with Gasteiger partial charge in [0.2, 0.25) is 0 Å². The van der Waals surface area contributed by atoms with Gasteiger partial charge >= 0.3 is 5.97 Å². The van der Waals surface area contributed by atoms with Crippen molar-refractivity contribution in [3.8, 4) is 17.0 Å². The minimum absolute atomic E-state index is 0.225. The number of hydrogen-bond acceptors (Lipinski definition) is 3. The standard InChI is InChI=1S/C18H20N2O3/c21-16-9-6-13(7-10-16)17-12-14(8-11-18(22)23)19-20(17)15-4-2-1-3-5-15/h6-12,15,21H,1-5H2,(H,22,23). The molecule has 0 aliphatic heterocycles. The van der Waals surface area contributed by atoms with Crippen molar-refractivity contribution in [1.29, 1.82) is 0 Å². The predicted molar refractivity (Wildman–Crippen MR) is 88.1 cm³/mol. The number of aromatic hydroxyl groups is 1. The lowest BCUT2D eigenvalue weighted by Gasteiger charge is -2.24. The first-order valence-electron chi connectivity index (χ1n) is 7.93. The highest BCUT2D eigenvalue weighted by Gasteiger charge is 2.20. The normalized spacial score (nSPS) is 16.0. The smallest absolute Gasteiger partial charge is 0.328 e. The predicted octanol–water partition coefficient (Wildman–Crippen LogP) is 3.86. The summed E-state index contributed by atoms with van der Waals surface area (Å²) < 4.78 is 2.02. The molecule has 1 aliphatic rings. The second-order valence-electron chi connectivity index (χ2n) is 5.91. The largest absolute Gasteiger partial charge is 0.508 e. The molecule has 1 saturated carbocycles. The number of hydrogen-bond donors (Lipinski definition) is 2. The van der Waals surface area contributed by atoms with E-state index in [1.807, 2.05) is 22.9 Å². The van der Waals surface area contributed by atoms with Gasteiger partial charge in [0.15, 0.2) is 0 Å². The molecule has 23 heavy (non-hydrogen) atoms. The van der Waals surface area contributed by atoms with Crippen LogP contribution >= 0.6 is 0 Å². The van der Waals surface area contributed by atoms with Gasteiger partial charge in [-0.3, -0.25) is 4.68 Å². The average Bonchev–Trinajstić information content (AvgIpc) is 2.99. The molecule has 1 aromatic carbocycles. The molecule has 0 bridgehead atoms. The van der Waals surface area contributed by atoms with Gasteiger partial charge in [-0.05, 0) is 49.2 Å². The quantitative estimate of drug-likeness (QED) is 0.841. The van der Waals surface area contributed by atoms with Gasteiger partial charge in [-0.1, -0.05) is 19.3 Å². The van der Waals surface area contributed by atoms with Crippen LogP contribution in [0.3, 0.4) is 0 Å². The molecule has 5 heteroatoms. The zero-order valence-electron chi connectivity index (χ0n) is 12.9. The zero-order chi connectivity index (χ0) is 16.2. The Morgan fingerprint density at radius 2 is 1.87 bits per heavy atom. The van der Waals surface area contributed by atoms with Crippen molar-refractivity contribution in [3.63, 3.8) is 0 Å². The molecule has 0 atom stereocenters. The van der Waals surface area contributed by atoms with E-state index in [-0.39, 0.29) is 5.75 Å². The summed E-state index contributed by atoms with van der Waals surface area (Å²) in [5.41, 5.74) is 2.57. The van der Waals surface area contributed by atoms with Gasteiger partial charge in [0.05, 0.1) is 17.4 Å². The van der Waals surface area contributed by atoms with E-state index >= 15 is 0 Å². The number of rotatable bonds is 4. The molecule has 0 spiro atoms. The lowest BCUT2D eigenvalue weighted by atomic mass is 9.95. The Balaban J connectivity index is 2.00. The zero-order valence-corrected chi connectivity index (χ0v) is 12.9. The second-order valence-corrected chi connectivity index (χ2v) is 5.91. The van der Waals surface area contributed by atoms with Crippen molar-refractivity contribution < 1.29 is 15.0 Å². The Labute approximate surface area is 134 Å². The van der Waals surface area contributed by atoms with Gasteiger partial charge < -0.3 is 10.2 Å². The number of aromatic nitrogens is 2. The maximum absolute atomic E-state index is 10.7. The Hall–Kier alpha value is -2.56. The number of phenolic OH excluding ortho intramolecular Hbond substituents is 1. The van der Waals surface area contributed by atoms with Gasteiger partial charge in [-0.25, -0.2) is 4.79 Å². The fourth-order valence-electron chi connectivity index (χ4n) is 3.10. The Bertz CT molecular complexity index is 710. The number of carboxylic acid groups (broad SMARTS) is 1. The van der Waals surface area contributed by atoms with E-state index in [9.17, 15) is 9.90 Å². The van der Waals surface area contributed by atoms with Crippen LogP contribution in [-0.2, 0) is 4.79 Å². The molecular formula is C18H20N2O3. The van der Waals surface area contributed by atoms with Crippen LogP contribution in [0.2, 0.25) is 0 Å². The molecule has 2 N–H and O–H groups in total. The molecule has 1 heterocycles. The highest BCUT2D eigenvalue weighted by Crippen LogP contribution is 2.33. The summed E-state index contributed by atoms with van der Waals surface area (Å²) in [6, 6.07) is 9.27. The monoisotopic (exact) mass is 312 g/mol. The second kappa shape index (κ2) is 6.69. The molecule has 1 aromatic heterocycles. The fourth-order valence-corrected chi connectivity index (χ4v) is 3.10. The maximum atomic E-state index is 10.7. The number of carboxylic acids is 1. The van der Waals surface area contributed by atoms with Gasteiger partial charge in [0.25, 0.3) is 0 Å². The number of benzene rings is 1. The van der Waals surface area contributed by atoms with Crippen molar-refractivity contribution >= 4 is 12.0 Å². The third kappa shape index (κ3) is 3.62. The van der Waals surface area contributed by atoms with E-state index in [2.05, 4.69) is 5.10 Å². The lowest BCUT2D eigenvalue weighted by molar-refractivity contribution is -0.131. The van der Waals surface area contributed by atoms with Crippen LogP contribution in [-0.4, -0.2) is 26.0 Å². The molecule has 0 saturated heterocycles. The molecule has 5 nitrogen and oxygen atoms in total. The molecular weight excluding hydrogens is 292 g/mol. The molecule has 3 rings (SSSR count). The van der Waals surface area contributed by atoms with Crippen molar-refractivity contribution in [2.45, 2.75) is 38.1 Å². The average molecular weight is 312 g/mol. The van der Waals surface area contributed by atoms with E-state index in [0.29, 0.717) is 11.7 Å². The highest BCUT2D eigenvalue weighted by molar-refractivity contribution is 5.85. The van der Waals surface area contributed by atoms with E-state index in [0.717, 1.165) is 30.2 Å². The van der Waals surface area contributed by atoms with Crippen molar-refractivity contribution in [2.75, 3.05) is 0 Å². The van der Waals surface area contributed by atoms with Gasteiger partial charge in [-0.15, -0.1) is 0 Å². The van der Waals surface area contributed by atoms with Crippen molar-refractivity contribution in [2.24, 2.45) is 0 Å². The summed E-state index contributed by atoms with van der Waals surface area (Å²) in [5, 5.41) is 22.9. The van der Waals surface area contributed by atoms with Crippen LogP contribution in [0.4, 0.5) is 0 Å².